The average Bonchev–Trinajstić information content (AvgIpc) is 2.48. The number of anilines is 1. The monoisotopic (exact) mass is 297 g/mol. The van der Waals surface area contributed by atoms with Crippen molar-refractivity contribution in [2.45, 2.75) is 27.7 Å². The minimum absolute atomic E-state index is 0.0156. The van der Waals surface area contributed by atoms with Gasteiger partial charge in [0.2, 0.25) is 0 Å². The number of hydrogen-bond acceptors (Lipinski definition) is 2. The molecule has 0 bridgehead atoms. The van der Waals surface area contributed by atoms with Gasteiger partial charge >= 0.3 is 0 Å². The highest BCUT2D eigenvalue weighted by Crippen LogP contribution is 2.24. The molecule has 0 aliphatic rings. The Balaban J connectivity index is 2.29. The maximum Gasteiger partial charge on any atom is 0.258 e. The molecule has 0 aliphatic carbocycles. The number of rotatable bonds is 4. The number of amides is 1. The van der Waals surface area contributed by atoms with Crippen LogP contribution < -0.4 is 9.64 Å². The van der Waals surface area contributed by atoms with Crippen LogP contribution in [0.15, 0.2) is 36.4 Å². The summed E-state index contributed by atoms with van der Waals surface area (Å²) < 4.78 is 5.52. The molecule has 3 heteroatoms. The summed E-state index contributed by atoms with van der Waals surface area (Å²) in [6.07, 6.45) is 0. The van der Waals surface area contributed by atoms with Gasteiger partial charge in [-0.3, -0.25) is 4.79 Å². The van der Waals surface area contributed by atoms with Gasteiger partial charge in [0, 0.05) is 18.3 Å². The Morgan fingerprint density at radius 3 is 2.36 bits per heavy atom. The lowest BCUT2D eigenvalue weighted by atomic mass is 10.1. The predicted molar refractivity (Wildman–Crippen MR) is 91.0 cm³/mol. The summed E-state index contributed by atoms with van der Waals surface area (Å²) in [6.45, 7) is 8.60. The second-order valence-corrected chi connectivity index (χ2v) is 5.57. The van der Waals surface area contributed by atoms with E-state index in [-0.39, 0.29) is 5.91 Å². The molecule has 0 atom stereocenters. The molecular weight excluding hydrogens is 274 g/mol. The van der Waals surface area contributed by atoms with E-state index in [9.17, 15) is 4.79 Å². The zero-order valence-electron chi connectivity index (χ0n) is 13.9. The van der Waals surface area contributed by atoms with Crippen molar-refractivity contribution >= 4 is 11.6 Å². The number of ether oxygens (including phenoxy) is 1. The predicted octanol–water partition coefficient (Wildman–Crippen LogP) is 4.29. The zero-order valence-corrected chi connectivity index (χ0v) is 13.9. The molecule has 3 nitrogen and oxygen atoms in total. The second kappa shape index (κ2) is 6.65. The Labute approximate surface area is 132 Å². The fraction of sp³-hybridized carbons (Fsp3) is 0.316. The Morgan fingerprint density at radius 2 is 1.77 bits per heavy atom. The first-order valence-corrected chi connectivity index (χ1v) is 7.52. The Kier molecular flexibility index (Phi) is 4.86. The number of carbonyl (C=O) groups is 1. The van der Waals surface area contributed by atoms with E-state index in [2.05, 4.69) is 13.0 Å². The SMILES string of the molecule is CCOc1ccc(C(=O)N(C)c2ccc(C)cc2C)cc1C. The number of carbonyl (C=O) groups excluding carboxylic acids is 1. The topological polar surface area (TPSA) is 29.5 Å². The van der Waals surface area contributed by atoms with Crippen LogP contribution in [0.1, 0.15) is 34.0 Å². The summed E-state index contributed by atoms with van der Waals surface area (Å²) in [4.78, 5) is 14.4. The highest BCUT2D eigenvalue weighted by atomic mass is 16.5. The van der Waals surface area contributed by atoms with Gasteiger partial charge in [0.25, 0.3) is 5.91 Å². The van der Waals surface area contributed by atoms with E-state index in [1.54, 1.807) is 4.90 Å². The molecule has 2 aromatic rings. The number of hydrogen-bond donors (Lipinski definition) is 0. The van der Waals surface area contributed by atoms with E-state index < -0.39 is 0 Å². The number of nitrogens with zero attached hydrogens (tertiary/aromatic N) is 1. The molecule has 0 aliphatic heterocycles. The van der Waals surface area contributed by atoms with E-state index in [4.69, 9.17) is 4.74 Å². The molecule has 0 saturated carbocycles. The first-order chi connectivity index (χ1) is 10.4. The second-order valence-electron chi connectivity index (χ2n) is 5.57. The van der Waals surface area contributed by atoms with Gasteiger partial charge in [-0.05, 0) is 63.1 Å². The normalized spacial score (nSPS) is 10.4. The third-order valence-electron chi connectivity index (χ3n) is 3.74. The van der Waals surface area contributed by atoms with Crippen LogP contribution in [0.5, 0.6) is 5.75 Å². The lowest BCUT2D eigenvalue weighted by Gasteiger charge is -2.20. The maximum atomic E-state index is 12.7. The quantitative estimate of drug-likeness (QED) is 0.842. The summed E-state index contributed by atoms with van der Waals surface area (Å²) in [5.41, 5.74) is 4.87. The lowest BCUT2D eigenvalue weighted by Crippen LogP contribution is -2.27. The first kappa shape index (κ1) is 16.1. The molecule has 0 heterocycles. The third kappa shape index (κ3) is 3.30. The minimum Gasteiger partial charge on any atom is -0.494 e. The Hall–Kier alpha value is -2.29. The molecule has 2 aromatic carbocycles. The summed E-state index contributed by atoms with van der Waals surface area (Å²) in [6, 6.07) is 11.7. The minimum atomic E-state index is -0.0156. The zero-order chi connectivity index (χ0) is 16.3. The number of benzene rings is 2. The molecule has 0 saturated heterocycles. The Morgan fingerprint density at radius 1 is 1.05 bits per heavy atom. The summed E-state index contributed by atoms with van der Waals surface area (Å²) in [7, 11) is 1.81. The molecule has 2 rings (SSSR count). The molecule has 0 unspecified atom stereocenters. The van der Waals surface area contributed by atoms with Gasteiger partial charge in [-0.15, -0.1) is 0 Å². The van der Waals surface area contributed by atoms with E-state index in [1.165, 1.54) is 5.56 Å². The molecule has 0 radical (unpaired) electrons. The van der Waals surface area contributed by atoms with Crippen LogP contribution in [-0.2, 0) is 0 Å². The molecular formula is C19H23NO2. The molecule has 22 heavy (non-hydrogen) atoms. The summed E-state index contributed by atoms with van der Waals surface area (Å²) >= 11 is 0. The van der Waals surface area contributed by atoms with Gasteiger partial charge in [0.1, 0.15) is 5.75 Å². The van der Waals surface area contributed by atoms with Crippen molar-refractivity contribution < 1.29 is 9.53 Å². The van der Waals surface area contributed by atoms with Crippen molar-refractivity contribution in [3.8, 4) is 5.75 Å². The third-order valence-corrected chi connectivity index (χ3v) is 3.74. The van der Waals surface area contributed by atoms with Crippen molar-refractivity contribution in [2.75, 3.05) is 18.6 Å². The van der Waals surface area contributed by atoms with Crippen LogP contribution in [0, 0.1) is 20.8 Å². The van der Waals surface area contributed by atoms with E-state index >= 15 is 0 Å². The van der Waals surface area contributed by atoms with Crippen molar-refractivity contribution in [1.29, 1.82) is 0 Å². The largest absolute Gasteiger partial charge is 0.494 e. The van der Waals surface area contributed by atoms with E-state index in [0.717, 1.165) is 22.6 Å². The standard InChI is InChI=1S/C19H23NO2/c1-6-22-18-10-8-16(12-15(18)4)19(21)20(5)17-9-7-13(2)11-14(17)3/h7-12H,6H2,1-5H3. The number of aryl methyl sites for hydroxylation is 3. The van der Waals surface area contributed by atoms with Crippen molar-refractivity contribution in [3.63, 3.8) is 0 Å². The van der Waals surface area contributed by atoms with Gasteiger partial charge in [0.05, 0.1) is 6.61 Å². The van der Waals surface area contributed by atoms with Gasteiger partial charge < -0.3 is 9.64 Å². The van der Waals surface area contributed by atoms with Crippen LogP contribution in [0.3, 0.4) is 0 Å². The average molecular weight is 297 g/mol. The van der Waals surface area contributed by atoms with Crippen LogP contribution in [0.25, 0.3) is 0 Å². The van der Waals surface area contributed by atoms with Crippen LogP contribution in [-0.4, -0.2) is 19.6 Å². The molecule has 1 amide bonds. The maximum absolute atomic E-state index is 12.7. The van der Waals surface area contributed by atoms with Crippen molar-refractivity contribution in [3.05, 3.63) is 58.7 Å². The van der Waals surface area contributed by atoms with Gasteiger partial charge in [0.15, 0.2) is 0 Å². The first-order valence-electron chi connectivity index (χ1n) is 7.52. The van der Waals surface area contributed by atoms with Crippen molar-refractivity contribution in [1.82, 2.24) is 0 Å². The fourth-order valence-electron chi connectivity index (χ4n) is 2.58. The summed E-state index contributed by atoms with van der Waals surface area (Å²) in [5, 5.41) is 0. The van der Waals surface area contributed by atoms with Crippen molar-refractivity contribution in [2.24, 2.45) is 0 Å². The molecule has 0 fully saturated rings. The van der Waals surface area contributed by atoms with Crippen LogP contribution in [0.2, 0.25) is 0 Å². The van der Waals surface area contributed by atoms with E-state index in [1.807, 2.05) is 58.2 Å². The summed E-state index contributed by atoms with van der Waals surface area (Å²) in [5.74, 6) is 0.811. The molecule has 0 spiro atoms. The van der Waals surface area contributed by atoms with Gasteiger partial charge in [-0.25, -0.2) is 0 Å². The highest BCUT2D eigenvalue weighted by molar-refractivity contribution is 6.06. The Bertz CT molecular complexity index is 692. The molecule has 116 valence electrons. The lowest BCUT2D eigenvalue weighted by molar-refractivity contribution is 0.0992. The highest BCUT2D eigenvalue weighted by Gasteiger charge is 2.16. The fourth-order valence-corrected chi connectivity index (χ4v) is 2.58. The molecule has 0 aromatic heterocycles. The van der Waals surface area contributed by atoms with Crippen LogP contribution >= 0.6 is 0 Å². The smallest absolute Gasteiger partial charge is 0.258 e. The van der Waals surface area contributed by atoms with Crippen LogP contribution in [0.4, 0.5) is 5.69 Å². The van der Waals surface area contributed by atoms with Gasteiger partial charge in [-0.2, -0.15) is 0 Å². The van der Waals surface area contributed by atoms with Gasteiger partial charge in [-0.1, -0.05) is 17.7 Å². The molecule has 0 N–H and O–H groups in total. The van der Waals surface area contributed by atoms with E-state index in [0.29, 0.717) is 12.2 Å².